The Morgan fingerprint density at radius 3 is 2.22 bits per heavy atom. The van der Waals surface area contributed by atoms with Crippen molar-refractivity contribution < 1.29 is 27.5 Å². The summed E-state index contributed by atoms with van der Waals surface area (Å²) < 4.78 is 44.1. The Hall–Kier alpha value is -1.70. The maximum Gasteiger partial charge on any atom is 0.490 e. The van der Waals surface area contributed by atoms with Gasteiger partial charge in [-0.2, -0.15) is 17.6 Å². The summed E-state index contributed by atoms with van der Waals surface area (Å²) in [7, 11) is 0. The quantitative estimate of drug-likeness (QED) is 0.598. The third-order valence-corrected chi connectivity index (χ3v) is 2.25. The second-order valence-electron chi connectivity index (χ2n) is 3.57. The van der Waals surface area contributed by atoms with E-state index in [1.165, 1.54) is 6.07 Å². The molecule has 4 nitrogen and oxygen atoms in total. The maximum absolute atomic E-state index is 12.3. The third kappa shape index (κ3) is 4.28. The predicted molar refractivity (Wildman–Crippen MR) is 53.5 cm³/mol. The molecular weight excluding hydrogens is 256 g/mol. The lowest BCUT2D eigenvalue weighted by molar-refractivity contribution is -0.192. The molecule has 0 bridgehead atoms. The largest absolute Gasteiger partial charge is 0.490 e. The van der Waals surface area contributed by atoms with Gasteiger partial charge in [0, 0.05) is 25.2 Å². The van der Waals surface area contributed by atoms with E-state index in [4.69, 9.17) is 9.90 Å². The molecule has 0 amide bonds. The lowest BCUT2D eigenvalue weighted by Gasteiger charge is -2.26. The number of alkyl halides is 3. The summed E-state index contributed by atoms with van der Waals surface area (Å²) in [5.41, 5.74) is 1.13. The van der Waals surface area contributed by atoms with Crippen LogP contribution in [0.3, 0.4) is 0 Å². The van der Waals surface area contributed by atoms with E-state index in [1.807, 2.05) is 0 Å². The van der Waals surface area contributed by atoms with Gasteiger partial charge in [0.25, 0.3) is 0 Å². The second kappa shape index (κ2) is 5.76. The Labute approximate surface area is 99.6 Å². The summed E-state index contributed by atoms with van der Waals surface area (Å²) >= 11 is 0. The summed E-state index contributed by atoms with van der Waals surface area (Å²) in [5, 5.41) is 10.3. The van der Waals surface area contributed by atoms with E-state index in [-0.39, 0.29) is 0 Å². The van der Waals surface area contributed by atoms with Gasteiger partial charge in [0.2, 0.25) is 5.95 Å². The van der Waals surface area contributed by atoms with Crippen molar-refractivity contribution in [2.45, 2.75) is 12.1 Å². The van der Waals surface area contributed by atoms with E-state index in [0.29, 0.717) is 5.92 Å². The van der Waals surface area contributed by atoms with Crippen molar-refractivity contribution in [1.29, 1.82) is 0 Å². The summed E-state index contributed by atoms with van der Waals surface area (Å²) in [6.07, 6.45) is -3.47. The van der Waals surface area contributed by atoms with Gasteiger partial charge in [0.05, 0.1) is 0 Å². The minimum absolute atomic E-state index is 0.402. The molecule has 2 heterocycles. The minimum Gasteiger partial charge on any atom is -0.475 e. The number of aromatic nitrogens is 1. The number of halogens is 4. The van der Waals surface area contributed by atoms with E-state index in [2.05, 4.69) is 10.3 Å². The fourth-order valence-corrected chi connectivity index (χ4v) is 1.15. The van der Waals surface area contributed by atoms with E-state index in [9.17, 15) is 17.6 Å². The van der Waals surface area contributed by atoms with Crippen LogP contribution in [0, 0.1) is 5.95 Å². The molecule has 1 saturated heterocycles. The number of carboxylic acids is 1. The summed E-state index contributed by atoms with van der Waals surface area (Å²) in [6, 6.07) is 3.21. The first-order chi connectivity index (χ1) is 8.30. The van der Waals surface area contributed by atoms with Gasteiger partial charge in [-0.05, 0) is 11.6 Å². The van der Waals surface area contributed by atoms with Crippen LogP contribution >= 0.6 is 0 Å². The third-order valence-electron chi connectivity index (χ3n) is 2.25. The van der Waals surface area contributed by atoms with Gasteiger partial charge in [-0.25, -0.2) is 9.78 Å². The first-order valence-corrected chi connectivity index (χ1v) is 4.93. The number of carboxylic acid groups (broad SMARTS) is 1. The number of aliphatic carboxylic acids is 1. The van der Waals surface area contributed by atoms with Crippen molar-refractivity contribution in [1.82, 2.24) is 10.3 Å². The molecule has 0 atom stereocenters. The van der Waals surface area contributed by atoms with Crippen LogP contribution in [0.5, 0.6) is 0 Å². The summed E-state index contributed by atoms with van der Waals surface area (Å²) in [5.74, 6) is -2.61. The first-order valence-electron chi connectivity index (χ1n) is 4.93. The van der Waals surface area contributed by atoms with Crippen molar-refractivity contribution >= 4 is 5.97 Å². The number of nitrogens with zero attached hydrogens (tertiary/aromatic N) is 1. The van der Waals surface area contributed by atoms with Crippen molar-refractivity contribution in [3.63, 3.8) is 0 Å². The average molecular weight is 266 g/mol. The maximum atomic E-state index is 12.3. The zero-order chi connectivity index (χ0) is 13.8. The topological polar surface area (TPSA) is 62.2 Å². The van der Waals surface area contributed by atoms with E-state index in [1.54, 1.807) is 12.3 Å². The molecule has 2 rings (SSSR count). The number of nitrogens with one attached hydrogen (secondary N) is 1. The van der Waals surface area contributed by atoms with Crippen LogP contribution in [-0.2, 0) is 4.79 Å². The van der Waals surface area contributed by atoms with Crippen LogP contribution in [0.15, 0.2) is 18.3 Å². The Balaban J connectivity index is 0.000000203. The molecule has 0 saturated carbocycles. The summed E-state index contributed by atoms with van der Waals surface area (Å²) in [6.45, 7) is 1.99. The number of hydrogen-bond acceptors (Lipinski definition) is 3. The molecule has 100 valence electrons. The molecule has 2 N–H and O–H groups in total. The molecule has 1 aliphatic rings. The van der Waals surface area contributed by atoms with Crippen molar-refractivity contribution in [2.75, 3.05) is 13.1 Å². The highest BCUT2D eigenvalue weighted by atomic mass is 19.4. The molecule has 8 heteroatoms. The van der Waals surface area contributed by atoms with Gasteiger partial charge in [-0.1, -0.05) is 6.07 Å². The number of carbonyl (C=O) groups is 1. The van der Waals surface area contributed by atoms with Crippen LogP contribution in [0.2, 0.25) is 0 Å². The van der Waals surface area contributed by atoms with Gasteiger partial charge in [-0.15, -0.1) is 0 Å². The van der Waals surface area contributed by atoms with Crippen LogP contribution in [0.1, 0.15) is 11.5 Å². The zero-order valence-electron chi connectivity index (χ0n) is 9.04. The molecule has 18 heavy (non-hydrogen) atoms. The number of rotatable bonds is 1. The number of pyridine rings is 1. The molecule has 0 aromatic carbocycles. The molecular formula is C10H10F4N2O2. The SMILES string of the molecule is Fc1ccc(C2CNC2)cn1.O=C(O)C(F)(F)F. The Bertz CT molecular complexity index is 401. The smallest absolute Gasteiger partial charge is 0.475 e. The zero-order valence-corrected chi connectivity index (χ0v) is 9.04. The van der Waals surface area contributed by atoms with E-state index < -0.39 is 18.1 Å². The van der Waals surface area contributed by atoms with E-state index in [0.717, 1.165) is 18.7 Å². The first kappa shape index (κ1) is 14.4. The molecule has 0 aliphatic carbocycles. The molecule has 0 unspecified atom stereocenters. The van der Waals surface area contributed by atoms with Gasteiger partial charge < -0.3 is 10.4 Å². The highest BCUT2D eigenvalue weighted by molar-refractivity contribution is 5.73. The van der Waals surface area contributed by atoms with E-state index >= 15 is 0 Å². The second-order valence-corrected chi connectivity index (χ2v) is 3.57. The van der Waals surface area contributed by atoms with Crippen molar-refractivity contribution in [3.05, 3.63) is 29.8 Å². The Kier molecular flexibility index (Phi) is 4.60. The lowest BCUT2D eigenvalue weighted by atomic mass is 9.95. The Morgan fingerprint density at radius 1 is 1.39 bits per heavy atom. The predicted octanol–water partition coefficient (Wildman–Crippen LogP) is 1.54. The molecule has 0 radical (unpaired) electrons. The number of hydrogen-bond donors (Lipinski definition) is 2. The minimum atomic E-state index is -5.08. The standard InChI is InChI=1S/C8H9FN2.C2HF3O2/c9-8-2-1-6(5-11-8)7-3-10-4-7;3-2(4,5)1(6)7/h1-2,5,7,10H,3-4H2;(H,6,7). The van der Waals surface area contributed by atoms with Crippen LogP contribution in [0.25, 0.3) is 0 Å². The Morgan fingerprint density at radius 2 is 1.94 bits per heavy atom. The lowest BCUT2D eigenvalue weighted by Crippen LogP contribution is -2.39. The van der Waals surface area contributed by atoms with Gasteiger partial charge in [0.15, 0.2) is 0 Å². The molecule has 1 aromatic heterocycles. The van der Waals surface area contributed by atoms with Crippen LogP contribution in [-0.4, -0.2) is 35.3 Å². The highest BCUT2D eigenvalue weighted by Gasteiger charge is 2.38. The summed E-state index contributed by atoms with van der Waals surface area (Å²) in [4.78, 5) is 12.5. The van der Waals surface area contributed by atoms with Crippen molar-refractivity contribution in [3.8, 4) is 0 Å². The van der Waals surface area contributed by atoms with Gasteiger partial charge in [0.1, 0.15) is 0 Å². The fourth-order valence-electron chi connectivity index (χ4n) is 1.15. The van der Waals surface area contributed by atoms with Gasteiger partial charge >= 0.3 is 12.1 Å². The highest BCUT2D eigenvalue weighted by Crippen LogP contribution is 2.18. The van der Waals surface area contributed by atoms with Gasteiger partial charge in [-0.3, -0.25) is 0 Å². The molecule has 1 aromatic rings. The molecule has 0 spiro atoms. The average Bonchev–Trinajstić information content (AvgIpc) is 2.18. The van der Waals surface area contributed by atoms with Crippen molar-refractivity contribution in [2.24, 2.45) is 0 Å². The van der Waals surface area contributed by atoms with Crippen LogP contribution in [0.4, 0.5) is 17.6 Å². The molecule has 1 fully saturated rings. The fraction of sp³-hybridized carbons (Fsp3) is 0.400. The van der Waals surface area contributed by atoms with Crippen LogP contribution < -0.4 is 5.32 Å². The monoisotopic (exact) mass is 266 g/mol. The normalized spacial score (nSPS) is 15.3. The molecule has 1 aliphatic heterocycles.